The van der Waals surface area contributed by atoms with E-state index in [9.17, 15) is 9.90 Å². The van der Waals surface area contributed by atoms with E-state index in [0.29, 0.717) is 5.65 Å². The maximum Gasteiger partial charge on any atom is 0.335 e. The highest BCUT2D eigenvalue weighted by Crippen LogP contribution is 2.34. The normalized spacial score (nSPS) is 11.1. The molecule has 0 fully saturated rings. The second-order valence-electron chi connectivity index (χ2n) is 7.50. The van der Waals surface area contributed by atoms with Gasteiger partial charge in [0.25, 0.3) is 0 Å². The molecule has 0 bridgehead atoms. The molecular weight excluding hydrogens is 378 g/mol. The summed E-state index contributed by atoms with van der Waals surface area (Å²) in [6.45, 7) is 8.19. The molecule has 2 aromatic heterocycles. The number of anilines is 3. The van der Waals surface area contributed by atoms with Crippen molar-refractivity contribution in [3.8, 4) is 11.1 Å². The molecule has 0 amide bonds. The largest absolute Gasteiger partial charge is 0.478 e. The van der Waals surface area contributed by atoms with Crippen molar-refractivity contribution in [3.05, 3.63) is 64.8 Å². The molecule has 0 aliphatic carbocycles. The summed E-state index contributed by atoms with van der Waals surface area (Å²) in [5.41, 5.74) is 6.62. The van der Waals surface area contributed by atoms with Crippen molar-refractivity contribution in [3.63, 3.8) is 0 Å². The number of carbonyl (C=O) groups is 1. The van der Waals surface area contributed by atoms with E-state index in [1.54, 1.807) is 24.3 Å². The SMILES string of the molecule is C=c1c(-c2ccc(C(=O)O)cc2)c(Nc2ccc(N(C)C)cc2C)c2nnc(C)n12. The van der Waals surface area contributed by atoms with Gasteiger partial charge in [0.15, 0.2) is 5.65 Å². The first kappa shape index (κ1) is 19.4. The van der Waals surface area contributed by atoms with Crippen LogP contribution in [0.3, 0.4) is 0 Å². The lowest BCUT2D eigenvalue weighted by atomic mass is 10.0. The van der Waals surface area contributed by atoms with Crippen LogP contribution in [-0.2, 0) is 0 Å². The lowest BCUT2D eigenvalue weighted by Crippen LogP contribution is -2.10. The Morgan fingerprint density at radius 1 is 1.10 bits per heavy atom. The minimum absolute atomic E-state index is 0.239. The summed E-state index contributed by atoms with van der Waals surface area (Å²) in [6.07, 6.45) is 0. The maximum atomic E-state index is 11.2. The maximum absolute atomic E-state index is 11.2. The summed E-state index contributed by atoms with van der Waals surface area (Å²) in [6, 6.07) is 13.0. The summed E-state index contributed by atoms with van der Waals surface area (Å²) in [5.74, 6) is -0.213. The van der Waals surface area contributed by atoms with Crippen molar-refractivity contribution in [2.45, 2.75) is 13.8 Å². The summed E-state index contributed by atoms with van der Waals surface area (Å²) in [5, 5.41) is 22.0. The molecule has 0 saturated heterocycles. The number of benzene rings is 2. The Bertz CT molecular complexity index is 1310. The summed E-state index contributed by atoms with van der Waals surface area (Å²) < 4.78 is 1.91. The lowest BCUT2D eigenvalue weighted by Gasteiger charge is -2.16. The van der Waals surface area contributed by atoms with Crippen molar-refractivity contribution in [2.75, 3.05) is 24.3 Å². The number of aromatic carboxylic acids is 1. The van der Waals surface area contributed by atoms with Gasteiger partial charge < -0.3 is 15.3 Å². The number of carboxylic acids is 1. The van der Waals surface area contributed by atoms with Crippen LogP contribution in [0.2, 0.25) is 0 Å². The quantitative estimate of drug-likeness (QED) is 0.531. The molecule has 2 aromatic carbocycles. The standard InChI is InChI=1S/C23H23N5O2/c1-13-12-18(27(4)5)10-11-19(13)24-21-20(14(2)28-15(3)25-26-22(21)28)16-6-8-17(9-7-16)23(29)30/h6-12,24H,2H2,1,3-5H3,(H,29,30). The molecule has 4 aromatic rings. The number of aryl methyl sites for hydroxylation is 2. The molecule has 7 heteroatoms. The first-order chi connectivity index (χ1) is 14.3. The molecule has 0 radical (unpaired) electrons. The summed E-state index contributed by atoms with van der Waals surface area (Å²) >= 11 is 0. The highest BCUT2D eigenvalue weighted by atomic mass is 16.4. The van der Waals surface area contributed by atoms with Crippen LogP contribution in [0.25, 0.3) is 23.4 Å². The number of nitrogens with zero attached hydrogens (tertiary/aromatic N) is 4. The fourth-order valence-corrected chi connectivity index (χ4v) is 3.63. The Hall–Kier alpha value is -3.87. The van der Waals surface area contributed by atoms with Crippen LogP contribution in [0.15, 0.2) is 42.5 Å². The van der Waals surface area contributed by atoms with Crippen LogP contribution in [-0.4, -0.2) is 39.8 Å². The minimum Gasteiger partial charge on any atom is -0.478 e. The fourth-order valence-electron chi connectivity index (χ4n) is 3.63. The summed E-state index contributed by atoms with van der Waals surface area (Å²) in [4.78, 5) is 13.3. The number of rotatable bonds is 5. The van der Waals surface area contributed by atoms with Gasteiger partial charge in [-0.15, -0.1) is 10.2 Å². The number of aromatic nitrogens is 3. The molecule has 0 aliphatic rings. The van der Waals surface area contributed by atoms with Crippen LogP contribution < -0.4 is 15.6 Å². The van der Waals surface area contributed by atoms with Gasteiger partial charge in [0.2, 0.25) is 0 Å². The van der Waals surface area contributed by atoms with Gasteiger partial charge in [0, 0.05) is 31.0 Å². The van der Waals surface area contributed by atoms with Gasteiger partial charge in [-0.1, -0.05) is 18.7 Å². The zero-order chi connectivity index (χ0) is 21.6. The van der Waals surface area contributed by atoms with E-state index in [2.05, 4.69) is 46.0 Å². The van der Waals surface area contributed by atoms with E-state index in [4.69, 9.17) is 0 Å². The van der Waals surface area contributed by atoms with Crippen LogP contribution in [0.1, 0.15) is 21.7 Å². The van der Waals surface area contributed by atoms with E-state index in [0.717, 1.165) is 44.9 Å². The zero-order valence-electron chi connectivity index (χ0n) is 17.4. The Morgan fingerprint density at radius 2 is 1.80 bits per heavy atom. The summed E-state index contributed by atoms with van der Waals surface area (Å²) in [7, 11) is 4.02. The molecular formula is C23H23N5O2. The van der Waals surface area contributed by atoms with Crippen molar-refractivity contribution in [1.29, 1.82) is 0 Å². The monoisotopic (exact) mass is 401 g/mol. The lowest BCUT2D eigenvalue weighted by molar-refractivity contribution is 0.0697. The van der Waals surface area contributed by atoms with Crippen LogP contribution in [0, 0.1) is 13.8 Å². The number of fused-ring (bicyclic) bond motifs is 1. The molecule has 0 aliphatic heterocycles. The van der Waals surface area contributed by atoms with E-state index >= 15 is 0 Å². The molecule has 0 spiro atoms. The van der Waals surface area contributed by atoms with Crippen LogP contribution >= 0.6 is 0 Å². The average Bonchev–Trinajstić information content (AvgIpc) is 3.22. The van der Waals surface area contributed by atoms with Crippen molar-refractivity contribution in [2.24, 2.45) is 0 Å². The third-order valence-corrected chi connectivity index (χ3v) is 5.26. The second kappa shape index (κ2) is 7.18. The molecule has 0 saturated carbocycles. The van der Waals surface area contributed by atoms with Gasteiger partial charge >= 0.3 is 5.97 Å². The van der Waals surface area contributed by atoms with Gasteiger partial charge in [0.1, 0.15) is 5.82 Å². The highest BCUT2D eigenvalue weighted by Gasteiger charge is 2.20. The smallest absolute Gasteiger partial charge is 0.335 e. The Labute approximate surface area is 174 Å². The number of hydrogen-bond donors (Lipinski definition) is 2. The van der Waals surface area contributed by atoms with Crippen molar-refractivity contribution < 1.29 is 9.90 Å². The topological polar surface area (TPSA) is 82.8 Å². The fraction of sp³-hybridized carbons (Fsp3) is 0.174. The zero-order valence-corrected chi connectivity index (χ0v) is 17.4. The van der Waals surface area contributed by atoms with E-state index in [1.165, 1.54) is 0 Å². The molecule has 4 rings (SSSR count). The molecule has 0 atom stereocenters. The molecule has 30 heavy (non-hydrogen) atoms. The number of hydrogen-bond acceptors (Lipinski definition) is 5. The predicted molar refractivity (Wildman–Crippen MR) is 120 cm³/mol. The Morgan fingerprint density at radius 3 is 2.40 bits per heavy atom. The van der Waals surface area contributed by atoms with Crippen LogP contribution in [0.5, 0.6) is 0 Å². The van der Waals surface area contributed by atoms with Gasteiger partial charge in [-0.2, -0.15) is 0 Å². The molecule has 7 nitrogen and oxygen atoms in total. The van der Waals surface area contributed by atoms with Gasteiger partial charge in [-0.25, -0.2) is 4.79 Å². The number of carboxylic acid groups (broad SMARTS) is 1. The first-order valence-corrected chi connectivity index (χ1v) is 9.53. The minimum atomic E-state index is -0.955. The molecule has 2 N–H and O–H groups in total. The van der Waals surface area contributed by atoms with E-state index < -0.39 is 5.97 Å². The van der Waals surface area contributed by atoms with Crippen molar-refractivity contribution in [1.82, 2.24) is 14.6 Å². The second-order valence-corrected chi connectivity index (χ2v) is 7.50. The van der Waals surface area contributed by atoms with Gasteiger partial charge in [-0.05, 0) is 55.3 Å². The van der Waals surface area contributed by atoms with E-state index in [1.807, 2.05) is 31.5 Å². The molecule has 152 valence electrons. The Kier molecular flexibility index (Phi) is 4.66. The van der Waals surface area contributed by atoms with Crippen molar-refractivity contribution >= 4 is 35.3 Å². The number of nitrogens with one attached hydrogen (secondary N) is 1. The van der Waals surface area contributed by atoms with Gasteiger partial charge in [0.05, 0.1) is 16.6 Å². The molecule has 2 heterocycles. The average molecular weight is 401 g/mol. The van der Waals surface area contributed by atoms with E-state index in [-0.39, 0.29) is 5.56 Å². The first-order valence-electron chi connectivity index (χ1n) is 9.53. The molecule has 0 unspecified atom stereocenters. The Balaban J connectivity index is 1.88. The highest BCUT2D eigenvalue weighted by molar-refractivity contribution is 5.93. The van der Waals surface area contributed by atoms with Gasteiger partial charge in [-0.3, -0.25) is 4.40 Å². The predicted octanol–water partition coefficient (Wildman–Crippen LogP) is 3.65. The third-order valence-electron chi connectivity index (χ3n) is 5.26. The third kappa shape index (κ3) is 3.14. The van der Waals surface area contributed by atoms with Crippen LogP contribution in [0.4, 0.5) is 17.1 Å².